The van der Waals surface area contributed by atoms with Gasteiger partial charge in [0, 0.05) is 12.6 Å². The standard InChI is InChI=1S/C7H13N.2C2H6/c1-5-7-3-6(7)4-8(5)2;2*1-2/h5-7H,3-4H2,1-2H3;2*1-2H3. The minimum atomic E-state index is 0.889. The Morgan fingerprint density at radius 3 is 1.75 bits per heavy atom. The number of hydrogen-bond acceptors (Lipinski definition) is 1. The van der Waals surface area contributed by atoms with Gasteiger partial charge in [0.2, 0.25) is 0 Å². The van der Waals surface area contributed by atoms with E-state index in [1.165, 1.54) is 13.0 Å². The van der Waals surface area contributed by atoms with E-state index in [-0.39, 0.29) is 0 Å². The summed E-state index contributed by atoms with van der Waals surface area (Å²) in [5, 5.41) is 0. The van der Waals surface area contributed by atoms with Gasteiger partial charge in [0.1, 0.15) is 0 Å². The summed E-state index contributed by atoms with van der Waals surface area (Å²) in [6, 6.07) is 0.889. The van der Waals surface area contributed by atoms with Crippen LogP contribution in [0, 0.1) is 11.8 Å². The van der Waals surface area contributed by atoms with Gasteiger partial charge in [-0.25, -0.2) is 0 Å². The highest BCUT2D eigenvalue weighted by Crippen LogP contribution is 2.48. The van der Waals surface area contributed by atoms with Crippen molar-refractivity contribution in [3.05, 3.63) is 0 Å². The molecule has 0 radical (unpaired) electrons. The van der Waals surface area contributed by atoms with Gasteiger partial charge < -0.3 is 4.90 Å². The molecule has 0 aromatic rings. The smallest absolute Gasteiger partial charge is 0.00955 e. The molecule has 3 atom stereocenters. The van der Waals surface area contributed by atoms with E-state index >= 15 is 0 Å². The largest absolute Gasteiger partial charge is 0.303 e. The van der Waals surface area contributed by atoms with Gasteiger partial charge in [-0.15, -0.1) is 0 Å². The molecule has 12 heavy (non-hydrogen) atoms. The van der Waals surface area contributed by atoms with Gasteiger partial charge in [0.25, 0.3) is 0 Å². The quantitative estimate of drug-likeness (QED) is 0.541. The number of hydrogen-bond donors (Lipinski definition) is 0. The molecule has 1 heterocycles. The highest BCUT2D eigenvalue weighted by molar-refractivity contribution is 5.00. The lowest BCUT2D eigenvalue weighted by atomic mass is 10.2. The van der Waals surface area contributed by atoms with Crippen molar-refractivity contribution < 1.29 is 0 Å². The maximum absolute atomic E-state index is 2.47. The molecule has 3 unspecified atom stereocenters. The van der Waals surface area contributed by atoms with Crippen molar-refractivity contribution in [1.82, 2.24) is 4.90 Å². The van der Waals surface area contributed by atoms with E-state index in [0.717, 1.165) is 17.9 Å². The number of piperidine rings is 1. The SMILES string of the molecule is CC.CC.CC1C2CC2CN1C. The second-order valence-corrected chi connectivity index (χ2v) is 3.34. The Kier molecular flexibility index (Phi) is 5.56. The molecule has 0 spiro atoms. The molecule has 2 fully saturated rings. The normalized spacial score (nSPS) is 37.0. The average molecular weight is 171 g/mol. The molecule has 1 heteroatoms. The van der Waals surface area contributed by atoms with Gasteiger partial charge >= 0.3 is 0 Å². The first-order valence-electron chi connectivity index (χ1n) is 5.49. The molecule has 0 aromatic heterocycles. The summed E-state index contributed by atoms with van der Waals surface area (Å²) >= 11 is 0. The van der Waals surface area contributed by atoms with Crippen LogP contribution in [0.15, 0.2) is 0 Å². The van der Waals surface area contributed by atoms with Crippen LogP contribution >= 0.6 is 0 Å². The average Bonchev–Trinajstić information content (AvgIpc) is 2.84. The van der Waals surface area contributed by atoms with Crippen LogP contribution in [0.3, 0.4) is 0 Å². The van der Waals surface area contributed by atoms with E-state index in [4.69, 9.17) is 0 Å². The molecular weight excluding hydrogens is 146 g/mol. The van der Waals surface area contributed by atoms with Crippen molar-refractivity contribution >= 4 is 0 Å². The topological polar surface area (TPSA) is 3.24 Å². The molecule has 0 aromatic carbocycles. The van der Waals surface area contributed by atoms with Crippen LogP contribution in [0.2, 0.25) is 0 Å². The van der Waals surface area contributed by atoms with E-state index in [1.807, 2.05) is 27.7 Å². The number of fused-ring (bicyclic) bond motifs is 1. The minimum absolute atomic E-state index is 0.889. The van der Waals surface area contributed by atoms with E-state index in [1.54, 1.807) is 0 Å². The predicted molar refractivity (Wildman–Crippen MR) is 56.4 cm³/mol. The molecule has 1 aliphatic heterocycles. The molecule has 2 aliphatic rings. The molecule has 1 saturated heterocycles. The number of likely N-dealkylation sites (tertiary alicyclic amines) is 1. The lowest BCUT2D eigenvalue weighted by Crippen LogP contribution is -2.25. The summed E-state index contributed by atoms with van der Waals surface area (Å²) in [5.41, 5.74) is 0. The second-order valence-electron chi connectivity index (χ2n) is 3.34. The maximum Gasteiger partial charge on any atom is 0.00955 e. The van der Waals surface area contributed by atoms with Crippen LogP contribution < -0.4 is 0 Å². The number of rotatable bonds is 0. The zero-order valence-corrected chi connectivity index (χ0v) is 9.59. The monoisotopic (exact) mass is 171 g/mol. The first-order valence-corrected chi connectivity index (χ1v) is 5.49. The summed E-state index contributed by atoms with van der Waals surface area (Å²) in [4.78, 5) is 2.47. The second kappa shape index (κ2) is 5.58. The van der Waals surface area contributed by atoms with E-state index in [0.29, 0.717) is 0 Å². The zero-order chi connectivity index (χ0) is 9.72. The first-order chi connectivity index (χ1) is 5.79. The third-order valence-corrected chi connectivity index (χ3v) is 2.81. The fourth-order valence-corrected chi connectivity index (χ4v) is 1.93. The molecule has 0 amide bonds. The zero-order valence-electron chi connectivity index (χ0n) is 9.59. The van der Waals surface area contributed by atoms with Crippen LogP contribution in [0.5, 0.6) is 0 Å². The lowest BCUT2D eigenvalue weighted by molar-refractivity contribution is 0.287. The lowest BCUT2D eigenvalue weighted by Gasteiger charge is -2.16. The highest BCUT2D eigenvalue weighted by Gasteiger charge is 2.48. The third-order valence-electron chi connectivity index (χ3n) is 2.81. The highest BCUT2D eigenvalue weighted by atomic mass is 15.2. The van der Waals surface area contributed by atoms with E-state index in [9.17, 15) is 0 Å². The molecule has 0 N–H and O–H groups in total. The van der Waals surface area contributed by atoms with Gasteiger partial charge in [0.15, 0.2) is 0 Å². The molecule has 0 bridgehead atoms. The molecule has 1 saturated carbocycles. The summed E-state index contributed by atoms with van der Waals surface area (Å²) in [7, 11) is 2.23. The van der Waals surface area contributed by atoms with E-state index < -0.39 is 0 Å². The minimum Gasteiger partial charge on any atom is -0.303 e. The van der Waals surface area contributed by atoms with Crippen molar-refractivity contribution in [3.63, 3.8) is 0 Å². The maximum atomic E-state index is 2.47. The Hall–Kier alpha value is -0.0400. The summed E-state index contributed by atoms with van der Waals surface area (Å²) in [6.07, 6.45) is 1.52. The van der Waals surface area contributed by atoms with Gasteiger partial charge in [-0.2, -0.15) is 0 Å². The summed E-state index contributed by atoms with van der Waals surface area (Å²) in [6.45, 7) is 11.7. The first kappa shape index (κ1) is 12.0. The van der Waals surface area contributed by atoms with E-state index in [2.05, 4.69) is 18.9 Å². The van der Waals surface area contributed by atoms with Crippen molar-refractivity contribution in [2.45, 2.75) is 47.1 Å². The Balaban J connectivity index is 0.000000269. The van der Waals surface area contributed by atoms with Gasteiger partial charge in [-0.3, -0.25) is 0 Å². The Bertz CT molecular complexity index is 110. The molecule has 1 nitrogen and oxygen atoms in total. The van der Waals surface area contributed by atoms with Gasteiger partial charge in [0.05, 0.1) is 0 Å². The van der Waals surface area contributed by atoms with Gasteiger partial charge in [-0.05, 0) is 32.2 Å². The summed E-state index contributed by atoms with van der Waals surface area (Å²) in [5.74, 6) is 2.18. The van der Waals surface area contributed by atoms with Crippen molar-refractivity contribution in [3.8, 4) is 0 Å². The van der Waals surface area contributed by atoms with Crippen molar-refractivity contribution in [2.75, 3.05) is 13.6 Å². The van der Waals surface area contributed by atoms with Crippen molar-refractivity contribution in [2.24, 2.45) is 11.8 Å². The molecule has 74 valence electrons. The summed E-state index contributed by atoms with van der Waals surface area (Å²) < 4.78 is 0. The fraction of sp³-hybridized carbons (Fsp3) is 1.00. The predicted octanol–water partition coefficient (Wildman–Crippen LogP) is 3.01. The third kappa shape index (κ3) is 2.48. The van der Waals surface area contributed by atoms with Crippen LogP contribution in [-0.4, -0.2) is 24.5 Å². The molecule has 1 aliphatic carbocycles. The Labute approximate surface area is 78.1 Å². The van der Waals surface area contributed by atoms with Crippen LogP contribution in [0.4, 0.5) is 0 Å². The fourth-order valence-electron chi connectivity index (χ4n) is 1.93. The molecule has 2 rings (SSSR count). The Morgan fingerprint density at radius 1 is 1.08 bits per heavy atom. The molecular formula is C11H25N. The van der Waals surface area contributed by atoms with Gasteiger partial charge in [-0.1, -0.05) is 27.7 Å². The van der Waals surface area contributed by atoms with Crippen molar-refractivity contribution in [1.29, 1.82) is 0 Å². The van der Waals surface area contributed by atoms with Crippen LogP contribution in [0.25, 0.3) is 0 Å². The Morgan fingerprint density at radius 2 is 1.58 bits per heavy atom. The van der Waals surface area contributed by atoms with Crippen LogP contribution in [0.1, 0.15) is 41.0 Å². The van der Waals surface area contributed by atoms with Crippen LogP contribution in [-0.2, 0) is 0 Å². The number of nitrogens with zero attached hydrogens (tertiary/aromatic N) is 1.